The summed E-state index contributed by atoms with van der Waals surface area (Å²) < 4.78 is 4.97. The van der Waals surface area contributed by atoms with Crippen LogP contribution in [0.2, 0.25) is 0 Å². The second kappa shape index (κ2) is 8.22. The molecule has 5 aromatic carbocycles. The molecular weight excluding hydrogens is 496 g/mol. The number of allylic oxidation sites excluding steroid dienone is 8. The summed E-state index contributed by atoms with van der Waals surface area (Å²) in [5.74, 6) is 0. The zero-order valence-corrected chi connectivity index (χ0v) is 22.9. The van der Waals surface area contributed by atoms with Gasteiger partial charge in [0.1, 0.15) is 0 Å². The van der Waals surface area contributed by atoms with Crippen molar-refractivity contribution in [2.45, 2.75) is 13.3 Å². The van der Waals surface area contributed by atoms with Gasteiger partial charge >= 0.3 is 0 Å². The molecule has 0 radical (unpaired) electrons. The van der Waals surface area contributed by atoms with E-state index in [1.54, 1.807) is 0 Å². The quantitative estimate of drug-likeness (QED) is 0.213. The summed E-state index contributed by atoms with van der Waals surface area (Å²) in [5.41, 5.74) is 8.83. The second-order valence-corrected chi connectivity index (χ2v) is 11.6. The van der Waals surface area contributed by atoms with E-state index < -0.39 is 0 Å². The standard InChI is InChI=1S/C39H28N2/c1-39-22-9-8-17-32(39)36(21-11-23-39)41-35-19-7-5-16-29(35)31-24-37-30(25-38(31)41)28-15-4-6-18-34(28)40(37)33-20-10-13-26-12-2-3-14-27(26)33/h2-22,24-25H,23H2,1H3. The molecule has 2 nitrogen and oxygen atoms in total. The van der Waals surface area contributed by atoms with Crippen LogP contribution in [0.25, 0.3) is 65.8 Å². The van der Waals surface area contributed by atoms with Crippen molar-refractivity contribution < 1.29 is 0 Å². The highest BCUT2D eigenvalue weighted by Gasteiger charge is 2.31. The van der Waals surface area contributed by atoms with Crippen LogP contribution in [0.3, 0.4) is 0 Å². The van der Waals surface area contributed by atoms with Crippen molar-refractivity contribution in [3.63, 3.8) is 0 Å². The molecule has 0 aliphatic heterocycles. The van der Waals surface area contributed by atoms with Crippen molar-refractivity contribution in [2.24, 2.45) is 5.41 Å². The van der Waals surface area contributed by atoms with Crippen LogP contribution in [-0.2, 0) is 0 Å². The van der Waals surface area contributed by atoms with Gasteiger partial charge in [-0.05, 0) is 53.8 Å². The average Bonchev–Trinajstić information content (AvgIpc) is 3.51. The predicted molar refractivity (Wildman–Crippen MR) is 175 cm³/mol. The Morgan fingerprint density at radius 1 is 0.561 bits per heavy atom. The number of nitrogens with zero attached hydrogens (tertiary/aromatic N) is 2. The first-order valence-corrected chi connectivity index (χ1v) is 14.4. The van der Waals surface area contributed by atoms with Crippen LogP contribution in [0.1, 0.15) is 13.3 Å². The highest BCUT2D eigenvalue weighted by molar-refractivity contribution is 6.20. The van der Waals surface area contributed by atoms with E-state index in [1.165, 1.54) is 71.3 Å². The number of hydrogen-bond acceptors (Lipinski definition) is 0. The summed E-state index contributed by atoms with van der Waals surface area (Å²) in [6, 6.07) is 37.9. The monoisotopic (exact) mass is 524 g/mol. The molecular formula is C39H28N2. The maximum Gasteiger partial charge on any atom is 0.0549 e. The van der Waals surface area contributed by atoms with Gasteiger partial charge in [0.15, 0.2) is 0 Å². The molecule has 0 bridgehead atoms. The minimum atomic E-state index is 0.00498. The predicted octanol–water partition coefficient (Wildman–Crippen LogP) is 10.3. The van der Waals surface area contributed by atoms with Crippen molar-refractivity contribution >= 4 is 60.1 Å². The number of fused-ring (bicyclic) bond motifs is 8. The van der Waals surface area contributed by atoms with Gasteiger partial charge < -0.3 is 9.13 Å². The first-order valence-electron chi connectivity index (χ1n) is 14.4. The Morgan fingerprint density at radius 2 is 1.20 bits per heavy atom. The van der Waals surface area contributed by atoms with Crippen LogP contribution in [0.15, 0.2) is 145 Å². The number of para-hydroxylation sites is 2. The first-order chi connectivity index (χ1) is 20.2. The molecule has 194 valence electrons. The van der Waals surface area contributed by atoms with Crippen LogP contribution >= 0.6 is 0 Å². The highest BCUT2D eigenvalue weighted by Crippen LogP contribution is 2.46. The molecule has 41 heavy (non-hydrogen) atoms. The van der Waals surface area contributed by atoms with Crippen molar-refractivity contribution in [3.8, 4) is 5.69 Å². The number of aromatic nitrogens is 2. The van der Waals surface area contributed by atoms with E-state index in [1.807, 2.05) is 0 Å². The second-order valence-electron chi connectivity index (χ2n) is 11.6. The Bertz CT molecular complexity index is 2350. The van der Waals surface area contributed by atoms with Crippen molar-refractivity contribution in [1.29, 1.82) is 0 Å². The smallest absolute Gasteiger partial charge is 0.0549 e. The minimum Gasteiger partial charge on any atom is -0.309 e. The molecule has 0 spiro atoms. The van der Waals surface area contributed by atoms with Crippen LogP contribution in [0.4, 0.5) is 0 Å². The summed E-state index contributed by atoms with van der Waals surface area (Å²) in [6.07, 6.45) is 14.7. The Hall–Kier alpha value is -5.08. The lowest BCUT2D eigenvalue weighted by Gasteiger charge is -2.33. The fourth-order valence-corrected chi connectivity index (χ4v) is 7.31. The van der Waals surface area contributed by atoms with E-state index in [0.717, 1.165) is 6.42 Å². The third kappa shape index (κ3) is 3.08. The van der Waals surface area contributed by atoms with Gasteiger partial charge in [0, 0.05) is 38.0 Å². The fraction of sp³-hybridized carbons (Fsp3) is 0.0769. The third-order valence-corrected chi connectivity index (χ3v) is 9.26. The molecule has 7 aromatic rings. The summed E-state index contributed by atoms with van der Waals surface area (Å²) in [4.78, 5) is 0. The molecule has 9 rings (SSSR count). The van der Waals surface area contributed by atoms with Gasteiger partial charge in [-0.2, -0.15) is 0 Å². The normalized spacial score (nSPS) is 18.5. The molecule has 2 heteroatoms. The Kier molecular flexibility index (Phi) is 4.55. The van der Waals surface area contributed by atoms with E-state index in [0.29, 0.717) is 0 Å². The summed E-state index contributed by atoms with van der Waals surface area (Å²) in [5, 5.41) is 7.62. The minimum absolute atomic E-state index is 0.00498. The molecule has 0 fully saturated rings. The molecule has 0 N–H and O–H groups in total. The van der Waals surface area contributed by atoms with E-state index in [2.05, 4.69) is 156 Å². The summed E-state index contributed by atoms with van der Waals surface area (Å²) in [7, 11) is 0. The third-order valence-electron chi connectivity index (χ3n) is 9.26. The Morgan fingerprint density at radius 3 is 1.98 bits per heavy atom. The van der Waals surface area contributed by atoms with E-state index >= 15 is 0 Å². The zero-order chi connectivity index (χ0) is 27.1. The Labute approximate surface area is 238 Å². The lowest BCUT2D eigenvalue weighted by molar-refractivity contribution is 0.527. The molecule has 2 aliphatic carbocycles. The van der Waals surface area contributed by atoms with Crippen LogP contribution < -0.4 is 0 Å². The molecule has 2 aliphatic rings. The molecule has 2 heterocycles. The summed E-state index contributed by atoms with van der Waals surface area (Å²) in [6.45, 7) is 2.36. The van der Waals surface area contributed by atoms with Gasteiger partial charge in [-0.15, -0.1) is 0 Å². The van der Waals surface area contributed by atoms with Crippen molar-refractivity contribution in [1.82, 2.24) is 9.13 Å². The van der Waals surface area contributed by atoms with Crippen molar-refractivity contribution in [2.75, 3.05) is 0 Å². The lowest BCUT2D eigenvalue weighted by atomic mass is 9.73. The van der Waals surface area contributed by atoms with E-state index in [4.69, 9.17) is 0 Å². The Balaban J connectivity index is 1.45. The van der Waals surface area contributed by atoms with Crippen LogP contribution in [0, 0.1) is 5.41 Å². The lowest BCUT2D eigenvalue weighted by Crippen LogP contribution is -2.21. The van der Waals surface area contributed by atoms with E-state index in [9.17, 15) is 0 Å². The summed E-state index contributed by atoms with van der Waals surface area (Å²) >= 11 is 0. The van der Waals surface area contributed by atoms with Gasteiger partial charge in [-0.25, -0.2) is 0 Å². The molecule has 0 amide bonds. The molecule has 0 saturated carbocycles. The number of hydrogen-bond donors (Lipinski definition) is 0. The molecule has 2 aromatic heterocycles. The topological polar surface area (TPSA) is 9.86 Å². The highest BCUT2D eigenvalue weighted by atomic mass is 15.0. The molecule has 1 unspecified atom stereocenters. The van der Waals surface area contributed by atoms with Gasteiger partial charge in [0.05, 0.1) is 27.8 Å². The van der Waals surface area contributed by atoms with Gasteiger partial charge in [0.25, 0.3) is 0 Å². The molecule has 0 saturated heterocycles. The molecule has 1 atom stereocenters. The van der Waals surface area contributed by atoms with E-state index in [-0.39, 0.29) is 5.41 Å². The van der Waals surface area contributed by atoms with Crippen LogP contribution in [-0.4, -0.2) is 9.13 Å². The van der Waals surface area contributed by atoms with Gasteiger partial charge in [-0.3, -0.25) is 0 Å². The average molecular weight is 525 g/mol. The van der Waals surface area contributed by atoms with Crippen molar-refractivity contribution in [3.05, 3.63) is 145 Å². The number of rotatable bonds is 2. The van der Waals surface area contributed by atoms with Gasteiger partial charge in [-0.1, -0.05) is 110 Å². The maximum absolute atomic E-state index is 2.50. The largest absolute Gasteiger partial charge is 0.309 e. The SMILES string of the molecule is CC12C=CC=CC1=C(n1c3ccccc3c3cc4c(cc31)c1ccccc1n4-c1cccc3ccccc13)C=CC2. The van der Waals surface area contributed by atoms with Crippen LogP contribution in [0.5, 0.6) is 0 Å². The van der Waals surface area contributed by atoms with Gasteiger partial charge in [0.2, 0.25) is 0 Å². The first kappa shape index (κ1) is 22.7. The maximum atomic E-state index is 2.50. The fourth-order valence-electron chi connectivity index (χ4n) is 7.31. The zero-order valence-electron chi connectivity index (χ0n) is 22.9. The number of benzene rings is 5.